The summed E-state index contributed by atoms with van der Waals surface area (Å²) in [7, 11) is 0. The standard InChI is InChI=1S/C14H25N3/c1-7-10(2)13-16-11(3)8-12(17-13)9-15-14(4,5)6/h8,10,15H,7,9H2,1-6H3. The molecule has 17 heavy (non-hydrogen) atoms. The lowest BCUT2D eigenvalue weighted by molar-refractivity contribution is 0.420. The van der Waals surface area contributed by atoms with Crippen LogP contribution in [-0.2, 0) is 6.54 Å². The molecule has 3 heteroatoms. The molecule has 1 aromatic rings. The van der Waals surface area contributed by atoms with Gasteiger partial charge in [-0.1, -0.05) is 13.8 Å². The van der Waals surface area contributed by atoms with Crippen molar-refractivity contribution in [1.82, 2.24) is 15.3 Å². The van der Waals surface area contributed by atoms with Crippen molar-refractivity contribution in [1.29, 1.82) is 0 Å². The van der Waals surface area contributed by atoms with Gasteiger partial charge in [-0.3, -0.25) is 0 Å². The summed E-state index contributed by atoms with van der Waals surface area (Å²) < 4.78 is 0. The molecule has 96 valence electrons. The number of aryl methyl sites for hydroxylation is 1. The summed E-state index contributed by atoms with van der Waals surface area (Å²) >= 11 is 0. The third kappa shape index (κ3) is 4.82. The molecule has 0 radical (unpaired) electrons. The number of hydrogen-bond acceptors (Lipinski definition) is 3. The molecule has 0 spiro atoms. The first-order valence-electron chi connectivity index (χ1n) is 6.41. The molecule has 0 aromatic carbocycles. The smallest absolute Gasteiger partial charge is 0.131 e. The Morgan fingerprint density at radius 1 is 1.29 bits per heavy atom. The Morgan fingerprint density at radius 3 is 2.47 bits per heavy atom. The van der Waals surface area contributed by atoms with Crippen molar-refractivity contribution in [2.45, 2.75) is 66.0 Å². The van der Waals surface area contributed by atoms with Gasteiger partial charge in [0.15, 0.2) is 0 Å². The van der Waals surface area contributed by atoms with Crippen LogP contribution in [0.25, 0.3) is 0 Å². The summed E-state index contributed by atoms with van der Waals surface area (Å²) in [5.41, 5.74) is 2.26. The molecule has 3 nitrogen and oxygen atoms in total. The molecule has 0 saturated heterocycles. The van der Waals surface area contributed by atoms with E-state index in [2.05, 4.69) is 56.0 Å². The van der Waals surface area contributed by atoms with Crippen LogP contribution in [0.4, 0.5) is 0 Å². The Bertz CT molecular complexity index is 366. The van der Waals surface area contributed by atoms with Crippen LogP contribution < -0.4 is 5.32 Å². The fraction of sp³-hybridized carbons (Fsp3) is 0.714. The van der Waals surface area contributed by atoms with E-state index in [1.165, 1.54) is 0 Å². The van der Waals surface area contributed by atoms with Crippen LogP contribution in [0.5, 0.6) is 0 Å². The number of aromatic nitrogens is 2. The maximum atomic E-state index is 4.63. The van der Waals surface area contributed by atoms with Gasteiger partial charge in [-0.15, -0.1) is 0 Å². The van der Waals surface area contributed by atoms with E-state index in [4.69, 9.17) is 0 Å². The van der Waals surface area contributed by atoms with Gasteiger partial charge < -0.3 is 5.32 Å². The largest absolute Gasteiger partial charge is 0.306 e. The van der Waals surface area contributed by atoms with Crippen LogP contribution in [0.1, 0.15) is 64.2 Å². The van der Waals surface area contributed by atoms with Crippen molar-refractivity contribution >= 4 is 0 Å². The zero-order valence-corrected chi connectivity index (χ0v) is 12.0. The third-order valence-corrected chi connectivity index (χ3v) is 2.78. The number of nitrogens with one attached hydrogen (secondary N) is 1. The second-order valence-electron chi connectivity index (χ2n) is 5.77. The van der Waals surface area contributed by atoms with Gasteiger partial charge in [0.1, 0.15) is 5.82 Å². The van der Waals surface area contributed by atoms with E-state index >= 15 is 0 Å². The Balaban J connectivity index is 2.82. The molecule has 0 amide bonds. The molecule has 0 fully saturated rings. The van der Waals surface area contributed by atoms with Crippen LogP contribution in [0, 0.1) is 6.92 Å². The third-order valence-electron chi connectivity index (χ3n) is 2.78. The monoisotopic (exact) mass is 235 g/mol. The SMILES string of the molecule is CCC(C)c1nc(C)cc(CNC(C)(C)C)n1. The summed E-state index contributed by atoms with van der Waals surface area (Å²) in [6.45, 7) is 13.7. The average Bonchev–Trinajstić information content (AvgIpc) is 2.23. The summed E-state index contributed by atoms with van der Waals surface area (Å²) in [6.07, 6.45) is 1.08. The van der Waals surface area contributed by atoms with Crippen LogP contribution in [0.3, 0.4) is 0 Å². The molecule has 1 aromatic heterocycles. The Labute approximate surface area is 105 Å². The zero-order valence-electron chi connectivity index (χ0n) is 12.0. The molecule has 0 aliphatic carbocycles. The molecular formula is C14H25N3. The predicted octanol–water partition coefficient (Wildman–Crippen LogP) is 3.19. The minimum atomic E-state index is 0.120. The summed E-state index contributed by atoms with van der Waals surface area (Å²) in [5, 5.41) is 3.46. The van der Waals surface area contributed by atoms with Crippen LogP contribution in [0.2, 0.25) is 0 Å². The fourth-order valence-corrected chi connectivity index (χ4v) is 1.51. The van der Waals surface area contributed by atoms with E-state index in [0.29, 0.717) is 5.92 Å². The van der Waals surface area contributed by atoms with E-state index < -0.39 is 0 Å². The Morgan fingerprint density at radius 2 is 1.94 bits per heavy atom. The molecule has 1 N–H and O–H groups in total. The van der Waals surface area contributed by atoms with Gasteiger partial charge in [-0.2, -0.15) is 0 Å². The van der Waals surface area contributed by atoms with Gasteiger partial charge in [0, 0.05) is 23.7 Å². The highest BCUT2D eigenvalue weighted by Gasteiger charge is 2.12. The normalized spacial score (nSPS) is 13.8. The Kier molecular flexibility index (Phi) is 4.63. The lowest BCUT2D eigenvalue weighted by Crippen LogP contribution is -2.35. The second-order valence-corrected chi connectivity index (χ2v) is 5.77. The van der Waals surface area contributed by atoms with Crippen molar-refractivity contribution in [3.8, 4) is 0 Å². The van der Waals surface area contributed by atoms with Crippen LogP contribution >= 0.6 is 0 Å². The lowest BCUT2D eigenvalue weighted by atomic mass is 10.1. The molecular weight excluding hydrogens is 210 g/mol. The number of hydrogen-bond donors (Lipinski definition) is 1. The minimum absolute atomic E-state index is 0.120. The molecule has 0 aliphatic heterocycles. The van der Waals surface area contributed by atoms with Gasteiger partial charge >= 0.3 is 0 Å². The first kappa shape index (κ1) is 14.1. The lowest BCUT2D eigenvalue weighted by Gasteiger charge is -2.20. The van der Waals surface area contributed by atoms with Crippen molar-refractivity contribution in [2.24, 2.45) is 0 Å². The van der Waals surface area contributed by atoms with E-state index in [9.17, 15) is 0 Å². The van der Waals surface area contributed by atoms with Crippen molar-refractivity contribution in [3.63, 3.8) is 0 Å². The Hall–Kier alpha value is -0.960. The van der Waals surface area contributed by atoms with Gasteiger partial charge in [0.2, 0.25) is 0 Å². The van der Waals surface area contributed by atoms with Crippen LogP contribution in [0.15, 0.2) is 6.07 Å². The average molecular weight is 235 g/mol. The number of nitrogens with zero attached hydrogens (tertiary/aromatic N) is 2. The topological polar surface area (TPSA) is 37.8 Å². The maximum absolute atomic E-state index is 4.63. The van der Waals surface area contributed by atoms with E-state index in [0.717, 1.165) is 30.2 Å². The van der Waals surface area contributed by atoms with E-state index in [1.54, 1.807) is 0 Å². The summed E-state index contributed by atoms with van der Waals surface area (Å²) in [4.78, 5) is 9.14. The highest BCUT2D eigenvalue weighted by atomic mass is 15.0. The minimum Gasteiger partial charge on any atom is -0.306 e. The molecule has 1 rings (SSSR count). The molecule has 1 unspecified atom stereocenters. The summed E-state index contributed by atoms with van der Waals surface area (Å²) in [6, 6.07) is 2.06. The van der Waals surface area contributed by atoms with Gasteiger partial charge in [-0.05, 0) is 40.2 Å². The van der Waals surface area contributed by atoms with Gasteiger partial charge in [0.25, 0.3) is 0 Å². The quantitative estimate of drug-likeness (QED) is 0.871. The first-order valence-corrected chi connectivity index (χ1v) is 6.41. The molecule has 1 atom stereocenters. The predicted molar refractivity (Wildman–Crippen MR) is 72.1 cm³/mol. The van der Waals surface area contributed by atoms with Crippen molar-refractivity contribution < 1.29 is 0 Å². The molecule has 1 heterocycles. The first-order chi connectivity index (χ1) is 7.81. The molecule has 0 saturated carbocycles. The van der Waals surface area contributed by atoms with Gasteiger partial charge in [-0.25, -0.2) is 9.97 Å². The summed E-state index contributed by atoms with van der Waals surface area (Å²) in [5.74, 6) is 1.40. The van der Waals surface area contributed by atoms with E-state index in [1.807, 2.05) is 6.92 Å². The van der Waals surface area contributed by atoms with Gasteiger partial charge in [0.05, 0.1) is 5.69 Å². The van der Waals surface area contributed by atoms with E-state index in [-0.39, 0.29) is 5.54 Å². The maximum Gasteiger partial charge on any atom is 0.131 e. The van der Waals surface area contributed by atoms with Crippen molar-refractivity contribution in [2.75, 3.05) is 0 Å². The van der Waals surface area contributed by atoms with Crippen molar-refractivity contribution in [3.05, 3.63) is 23.3 Å². The number of rotatable bonds is 4. The van der Waals surface area contributed by atoms with Crippen LogP contribution in [-0.4, -0.2) is 15.5 Å². The molecule has 0 aliphatic rings. The highest BCUT2D eigenvalue weighted by molar-refractivity contribution is 5.12. The fourth-order valence-electron chi connectivity index (χ4n) is 1.51. The zero-order chi connectivity index (χ0) is 13.1. The molecule has 0 bridgehead atoms. The second kappa shape index (κ2) is 5.58. The highest BCUT2D eigenvalue weighted by Crippen LogP contribution is 2.15.